The number of carbonyl (C=O) groups excluding carboxylic acids is 1. The summed E-state index contributed by atoms with van der Waals surface area (Å²) >= 11 is 0. The molecule has 0 aromatic carbocycles. The zero-order valence-corrected chi connectivity index (χ0v) is 11.9. The van der Waals surface area contributed by atoms with E-state index in [0.29, 0.717) is 0 Å². The standard InChI is InChI=1S/C13H26N2O3/c1-5-6-10(14)9-11(16)15(13(2,3)4)8-7-12(17)18/h10H,5-9,14H2,1-4H3,(H,17,18). The lowest BCUT2D eigenvalue weighted by atomic mass is 10.0. The Kier molecular flexibility index (Phi) is 6.91. The maximum Gasteiger partial charge on any atom is 0.305 e. The molecule has 1 atom stereocenters. The fraction of sp³-hybridized carbons (Fsp3) is 0.846. The summed E-state index contributed by atoms with van der Waals surface area (Å²) in [4.78, 5) is 24.4. The fourth-order valence-electron chi connectivity index (χ4n) is 1.85. The van der Waals surface area contributed by atoms with Crippen molar-refractivity contribution >= 4 is 11.9 Å². The van der Waals surface area contributed by atoms with E-state index in [0.717, 1.165) is 12.8 Å². The zero-order chi connectivity index (χ0) is 14.3. The van der Waals surface area contributed by atoms with E-state index in [1.54, 1.807) is 4.90 Å². The van der Waals surface area contributed by atoms with Crippen LogP contribution in [0.2, 0.25) is 0 Å². The van der Waals surface area contributed by atoms with Crippen LogP contribution in [0.1, 0.15) is 53.4 Å². The first kappa shape index (κ1) is 16.9. The van der Waals surface area contributed by atoms with Crippen LogP contribution in [0.4, 0.5) is 0 Å². The summed E-state index contributed by atoms with van der Waals surface area (Å²) in [7, 11) is 0. The molecule has 3 N–H and O–H groups in total. The highest BCUT2D eigenvalue weighted by Crippen LogP contribution is 2.16. The molecule has 106 valence electrons. The van der Waals surface area contributed by atoms with Crippen LogP contribution in [0.5, 0.6) is 0 Å². The van der Waals surface area contributed by atoms with Crippen LogP contribution >= 0.6 is 0 Å². The number of hydrogen-bond acceptors (Lipinski definition) is 3. The van der Waals surface area contributed by atoms with Gasteiger partial charge in [0.1, 0.15) is 0 Å². The van der Waals surface area contributed by atoms with Crippen LogP contribution in [0.15, 0.2) is 0 Å². The first-order chi connectivity index (χ1) is 8.18. The molecule has 0 aliphatic heterocycles. The molecule has 0 aliphatic carbocycles. The monoisotopic (exact) mass is 258 g/mol. The summed E-state index contributed by atoms with van der Waals surface area (Å²) < 4.78 is 0. The molecular formula is C13H26N2O3. The molecule has 0 fully saturated rings. The van der Waals surface area contributed by atoms with Crippen LogP contribution in [0.3, 0.4) is 0 Å². The van der Waals surface area contributed by atoms with Gasteiger partial charge in [-0.1, -0.05) is 13.3 Å². The van der Waals surface area contributed by atoms with Crippen LogP contribution in [0.25, 0.3) is 0 Å². The smallest absolute Gasteiger partial charge is 0.305 e. The van der Waals surface area contributed by atoms with Crippen molar-refractivity contribution in [3.05, 3.63) is 0 Å². The summed E-state index contributed by atoms with van der Waals surface area (Å²) in [5.74, 6) is -0.959. The molecular weight excluding hydrogens is 232 g/mol. The van der Waals surface area contributed by atoms with Gasteiger partial charge in [-0.05, 0) is 27.2 Å². The van der Waals surface area contributed by atoms with Gasteiger partial charge in [0.2, 0.25) is 5.91 Å². The molecule has 18 heavy (non-hydrogen) atoms. The van der Waals surface area contributed by atoms with Gasteiger partial charge in [-0.25, -0.2) is 0 Å². The fourth-order valence-corrected chi connectivity index (χ4v) is 1.85. The molecule has 0 rings (SSSR count). The topological polar surface area (TPSA) is 83.6 Å². The number of hydrogen-bond donors (Lipinski definition) is 2. The van der Waals surface area contributed by atoms with Gasteiger partial charge < -0.3 is 15.7 Å². The van der Waals surface area contributed by atoms with Crippen molar-refractivity contribution in [1.82, 2.24) is 4.90 Å². The molecule has 5 nitrogen and oxygen atoms in total. The minimum Gasteiger partial charge on any atom is -0.481 e. The van der Waals surface area contributed by atoms with Crippen molar-refractivity contribution in [1.29, 1.82) is 0 Å². The van der Waals surface area contributed by atoms with Gasteiger partial charge in [0.15, 0.2) is 0 Å². The number of carboxylic acids is 1. The number of aliphatic carboxylic acids is 1. The summed E-state index contributed by atoms with van der Waals surface area (Å²) in [5, 5.41) is 8.71. The van der Waals surface area contributed by atoms with Crippen LogP contribution in [-0.4, -0.2) is 40.0 Å². The second kappa shape index (κ2) is 7.36. The molecule has 1 unspecified atom stereocenters. The van der Waals surface area contributed by atoms with Crippen LogP contribution in [0, 0.1) is 0 Å². The second-order valence-electron chi connectivity index (χ2n) is 5.61. The predicted molar refractivity (Wildman–Crippen MR) is 71.2 cm³/mol. The maximum atomic E-state index is 12.1. The van der Waals surface area contributed by atoms with Gasteiger partial charge in [-0.15, -0.1) is 0 Å². The first-order valence-corrected chi connectivity index (χ1v) is 6.46. The lowest BCUT2D eigenvalue weighted by Gasteiger charge is -2.36. The molecule has 1 amide bonds. The van der Waals surface area contributed by atoms with Gasteiger partial charge in [0.05, 0.1) is 6.42 Å². The molecule has 0 spiro atoms. The number of nitrogens with two attached hydrogens (primary N) is 1. The van der Waals surface area contributed by atoms with Crippen molar-refractivity contribution in [2.75, 3.05) is 6.54 Å². The summed E-state index contributed by atoms with van der Waals surface area (Å²) in [6.07, 6.45) is 2.00. The molecule has 0 aromatic heterocycles. The van der Waals surface area contributed by atoms with Crippen molar-refractivity contribution in [3.63, 3.8) is 0 Å². The highest BCUT2D eigenvalue weighted by molar-refractivity contribution is 5.78. The van der Waals surface area contributed by atoms with Gasteiger partial charge in [-0.3, -0.25) is 9.59 Å². The Bertz CT molecular complexity index is 284. The van der Waals surface area contributed by atoms with E-state index < -0.39 is 5.97 Å². The Labute approximate surface area is 109 Å². The Balaban J connectivity index is 4.55. The quantitative estimate of drug-likeness (QED) is 0.726. The van der Waals surface area contributed by atoms with Crippen LogP contribution in [-0.2, 0) is 9.59 Å². The lowest BCUT2D eigenvalue weighted by Crippen LogP contribution is -2.48. The summed E-state index contributed by atoms with van der Waals surface area (Å²) in [6.45, 7) is 7.96. The lowest BCUT2D eigenvalue weighted by molar-refractivity contribution is -0.140. The average molecular weight is 258 g/mol. The largest absolute Gasteiger partial charge is 0.481 e. The van der Waals surface area contributed by atoms with Crippen molar-refractivity contribution in [2.45, 2.75) is 65.0 Å². The van der Waals surface area contributed by atoms with E-state index in [1.165, 1.54) is 0 Å². The second-order valence-corrected chi connectivity index (χ2v) is 5.61. The van der Waals surface area contributed by atoms with Crippen molar-refractivity contribution < 1.29 is 14.7 Å². The normalized spacial score (nSPS) is 13.2. The highest BCUT2D eigenvalue weighted by atomic mass is 16.4. The number of carbonyl (C=O) groups is 2. The van der Waals surface area contributed by atoms with Gasteiger partial charge in [-0.2, -0.15) is 0 Å². The highest BCUT2D eigenvalue weighted by Gasteiger charge is 2.27. The van der Waals surface area contributed by atoms with E-state index in [9.17, 15) is 9.59 Å². The molecule has 0 saturated carbocycles. The third kappa shape index (κ3) is 6.59. The molecule has 0 saturated heterocycles. The number of nitrogens with zero attached hydrogens (tertiary/aromatic N) is 1. The van der Waals surface area contributed by atoms with E-state index in [4.69, 9.17) is 10.8 Å². The Morgan fingerprint density at radius 2 is 1.89 bits per heavy atom. The number of carboxylic acid groups (broad SMARTS) is 1. The minimum atomic E-state index is -0.894. The van der Waals surface area contributed by atoms with Gasteiger partial charge in [0, 0.05) is 24.5 Å². The molecule has 5 heteroatoms. The molecule has 0 radical (unpaired) electrons. The average Bonchev–Trinajstić information content (AvgIpc) is 2.14. The van der Waals surface area contributed by atoms with Crippen molar-refractivity contribution in [3.8, 4) is 0 Å². The summed E-state index contributed by atoms with van der Waals surface area (Å²) in [5.41, 5.74) is 5.48. The van der Waals surface area contributed by atoms with E-state index in [-0.39, 0.29) is 36.9 Å². The van der Waals surface area contributed by atoms with E-state index >= 15 is 0 Å². The van der Waals surface area contributed by atoms with Crippen LogP contribution < -0.4 is 5.73 Å². The Hall–Kier alpha value is -1.10. The number of amides is 1. The molecule has 0 heterocycles. The molecule has 0 bridgehead atoms. The van der Waals surface area contributed by atoms with Gasteiger partial charge in [0.25, 0.3) is 0 Å². The summed E-state index contributed by atoms with van der Waals surface area (Å²) in [6, 6.07) is -0.142. The third-order valence-corrected chi connectivity index (χ3v) is 2.76. The van der Waals surface area contributed by atoms with Crippen molar-refractivity contribution in [2.24, 2.45) is 5.73 Å². The SMILES string of the molecule is CCCC(N)CC(=O)N(CCC(=O)O)C(C)(C)C. The zero-order valence-electron chi connectivity index (χ0n) is 11.9. The third-order valence-electron chi connectivity index (χ3n) is 2.76. The van der Waals surface area contributed by atoms with Gasteiger partial charge >= 0.3 is 5.97 Å². The van der Waals surface area contributed by atoms with E-state index in [2.05, 4.69) is 0 Å². The molecule has 0 aromatic rings. The Morgan fingerprint density at radius 1 is 1.33 bits per heavy atom. The molecule has 0 aliphatic rings. The van der Waals surface area contributed by atoms with E-state index in [1.807, 2.05) is 27.7 Å². The minimum absolute atomic E-state index is 0.0357. The maximum absolute atomic E-state index is 12.1. The number of rotatable bonds is 7. The predicted octanol–water partition coefficient (Wildman–Crippen LogP) is 1.61. The first-order valence-electron chi connectivity index (χ1n) is 6.46. The Morgan fingerprint density at radius 3 is 2.28 bits per heavy atom.